The van der Waals surface area contributed by atoms with Gasteiger partial charge in [-0.2, -0.15) is 0 Å². The fourth-order valence-corrected chi connectivity index (χ4v) is 2.14. The summed E-state index contributed by atoms with van der Waals surface area (Å²) in [5.41, 5.74) is 6.40. The highest BCUT2D eigenvalue weighted by molar-refractivity contribution is 5.94. The molecule has 0 aliphatic heterocycles. The molecule has 0 unspecified atom stereocenters. The van der Waals surface area contributed by atoms with Crippen LogP contribution in [0.4, 0.5) is 0 Å². The topological polar surface area (TPSA) is 73.6 Å². The average molecular weight is 264 g/mol. The Kier molecular flexibility index (Phi) is 3.95. The second-order valence-electron chi connectivity index (χ2n) is 4.97. The van der Waals surface area contributed by atoms with E-state index >= 15 is 0 Å². The number of rotatable bonds is 5. The number of carbonyl (C=O) groups excluding carboxylic acids is 1. The number of nitrogens with one attached hydrogen (secondary N) is 1. The van der Waals surface area contributed by atoms with Crippen molar-refractivity contribution in [1.29, 1.82) is 0 Å². The Morgan fingerprint density at radius 3 is 2.53 bits per heavy atom. The molecule has 0 bridgehead atoms. The van der Waals surface area contributed by atoms with E-state index < -0.39 is 0 Å². The summed E-state index contributed by atoms with van der Waals surface area (Å²) in [4.78, 5) is 12.0. The van der Waals surface area contributed by atoms with E-state index in [2.05, 4.69) is 5.32 Å². The Hall–Kier alpha value is -1.75. The van der Waals surface area contributed by atoms with Gasteiger partial charge in [-0.05, 0) is 37.5 Å². The zero-order valence-electron chi connectivity index (χ0n) is 11.4. The Balaban J connectivity index is 2.02. The molecule has 2 rings (SSSR count). The Morgan fingerprint density at radius 2 is 2.00 bits per heavy atom. The van der Waals surface area contributed by atoms with Gasteiger partial charge < -0.3 is 20.5 Å². The van der Waals surface area contributed by atoms with Crippen molar-refractivity contribution in [3.05, 3.63) is 23.8 Å². The highest BCUT2D eigenvalue weighted by Crippen LogP contribution is 2.29. The quantitative estimate of drug-likeness (QED) is 0.841. The van der Waals surface area contributed by atoms with E-state index in [1.54, 1.807) is 32.4 Å². The molecular weight excluding hydrogens is 244 g/mol. The molecule has 1 amide bonds. The molecule has 1 fully saturated rings. The third kappa shape index (κ3) is 2.98. The van der Waals surface area contributed by atoms with Gasteiger partial charge in [-0.15, -0.1) is 0 Å². The molecule has 3 N–H and O–H groups in total. The predicted octanol–water partition coefficient (Wildman–Crippen LogP) is 1.31. The van der Waals surface area contributed by atoms with E-state index in [4.69, 9.17) is 15.2 Å². The first kappa shape index (κ1) is 13.7. The lowest BCUT2D eigenvalue weighted by Gasteiger charge is -2.38. The van der Waals surface area contributed by atoms with E-state index in [-0.39, 0.29) is 11.4 Å². The van der Waals surface area contributed by atoms with Gasteiger partial charge in [0.1, 0.15) is 0 Å². The average Bonchev–Trinajstić information content (AvgIpc) is 2.41. The summed E-state index contributed by atoms with van der Waals surface area (Å²) >= 11 is 0. The molecule has 0 radical (unpaired) electrons. The molecule has 5 nitrogen and oxygen atoms in total. The van der Waals surface area contributed by atoms with Crippen LogP contribution in [0.1, 0.15) is 29.6 Å². The Bertz CT molecular complexity index is 470. The SMILES string of the molecule is COc1ccc(C(=O)NCC2(N)CCC2)cc1OC. The van der Waals surface area contributed by atoms with Crippen molar-refractivity contribution in [2.24, 2.45) is 5.73 Å². The predicted molar refractivity (Wildman–Crippen MR) is 72.6 cm³/mol. The van der Waals surface area contributed by atoms with Gasteiger partial charge in [0.2, 0.25) is 0 Å². The third-order valence-corrected chi connectivity index (χ3v) is 3.60. The standard InChI is InChI=1S/C14H20N2O3/c1-18-11-5-4-10(8-12(11)19-2)13(17)16-9-14(15)6-3-7-14/h4-5,8H,3,6-7,9,15H2,1-2H3,(H,16,17). The summed E-state index contributed by atoms with van der Waals surface area (Å²) in [5.74, 6) is 1.01. The van der Waals surface area contributed by atoms with Crippen molar-refractivity contribution in [3.8, 4) is 11.5 Å². The van der Waals surface area contributed by atoms with Crippen LogP contribution in [0.2, 0.25) is 0 Å². The summed E-state index contributed by atoms with van der Waals surface area (Å²) < 4.78 is 10.3. The van der Waals surface area contributed by atoms with Gasteiger partial charge in [0, 0.05) is 17.6 Å². The molecular formula is C14H20N2O3. The molecule has 1 saturated carbocycles. The molecule has 104 valence electrons. The summed E-state index contributed by atoms with van der Waals surface area (Å²) in [6.45, 7) is 0.514. The van der Waals surface area contributed by atoms with Crippen LogP contribution in [-0.2, 0) is 0 Å². The molecule has 0 saturated heterocycles. The minimum Gasteiger partial charge on any atom is -0.493 e. The number of benzene rings is 1. The minimum atomic E-state index is -0.216. The van der Waals surface area contributed by atoms with E-state index in [0.717, 1.165) is 19.3 Å². The van der Waals surface area contributed by atoms with Crippen molar-refractivity contribution < 1.29 is 14.3 Å². The molecule has 1 aliphatic carbocycles. The van der Waals surface area contributed by atoms with E-state index in [1.165, 1.54) is 0 Å². The van der Waals surface area contributed by atoms with Crippen molar-refractivity contribution in [2.45, 2.75) is 24.8 Å². The van der Waals surface area contributed by atoms with Crippen molar-refractivity contribution in [2.75, 3.05) is 20.8 Å². The fraction of sp³-hybridized carbons (Fsp3) is 0.500. The maximum atomic E-state index is 12.0. The number of ether oxygens (including phenoxy) is 2. The van der Waals surface area contributed by atoms with Crippen LogP contribution >= 0.6 is 0 Å². The van der Waals surface area contributed by atoms with Crippen LogP contribution in [0.5, 0.6) is 11.5 Å². The third-order valence-electron chi connectivity index (χ3n) is 3.60. The number of nitrogens with two attached hydrogens (primary N) is 1. The zero-order valence-corrected chi connectivity index (χ0v) is 11.4. The largest absolute Gasteiger partial charge is 0.493 e. The first-order chi connectivity index (χ1) is 9.08. The van der Waals surface area contributed by atoms with Crippen molar-refractivity contribution in [1.82, 2.24) is 5.32 Å². The van der Waals surface area contributed by atoms with Gasteiger partial charge in [0.05, 0.1) is 14.2 Å². The van der Waals surface area contributed by atoms with Gasteiger partial charge >= 0.3 is 0 Å². The summed E-state index contributed by atoms with van der Waals surface area (Å²) in [5, 5.41) is 2.87. The van der Waals surface area contributed by atoms with Crippen LogP contribution in [0.3, 0.4) is 0 Å². The number of carbonyl (C=O) groups is 1. The van der Waals surface area contributed by atoms with Crippen LogP contribution < -0.4 is 20.5 Å². The lowest BCUT2D eigenvalue weighted by Crippen LogP contribution is -2.54. The van der Waals surface area contributed by atoms with Gasteiger partial charge in [-0.3, -0.25) is 4.79 Å². The highest BCUT2D eigenvalue weighted by atomic mass is 16.5. The van der Waals surface area contributed by atoms with Gasteiger partial charge in [-0.25, -0.2) is 0 Å². The lowest BCUT2D eigenvalue weighted by molar-refractivity contribution is 0.0929. The van der Waals surface area contributed by atoms with Crippen LogP contribution in [0, 0.1) is 0 Å². The summed E-state index contributed by atoms with van der Waals surface area (Å²) in [6.07, 6.45) is 3.08. The van der Waals surface area contributed by atoms with Gasteiger partial charge in [0.15, 0.2) is 11.5 Å². The minimum absolute atomic E-state index is 0.141. The smallest absolute Gasteiger partial charge is 0.251 e. The molecule has 0 aromatic heterocycles. The maximum absolute atomic E-state index is 12.0. The fourth-order valence-electron chi connectivity index (χ4n) is 2.14. The van der Waals surface area contributed by atoms with Crippen LogP contribution in [0.15, 0.2) is 18.2 Å². The van der Waals surface area contributed by atoms with E-state index in [1.807, 2.05) is 0 Å². The molecule has 0 atom stereocenters. The molecule has 1 aliphatic rings. The monoisotopic (exact) mass is 264 g/mol. The number of methoxy groups -OCH3 is 2. The Morgan fingerprint density at radius 1 is 1.32 bits per heavy atom. The second-order valence-corrected chi connectivity index (χ2v) is 4.97. The first-order valence-electron chi connectivity index (χ1n) is 6.37. The highest BCUT2D eigenvalue weighted by Gasteiger charge is 2.32. The molecule has 5 heteroatoms. The molecule has 0 spiro atoms. The van der Waals surface area contributed by atoms with Gasteiger partial charge in [-0.1, -0.05) is 0 Å². The Labute approximate surface area is 113 Å². The number of hydrogen-bond donors (Lipinski definition) is 2. The summed E-state index contributed by atoms with van der Waals surface area (Å²) in [7, 11) is 3.11. The second kappa shape index (κ2) is 5.48. The van der Waals surface area contributed by atoms with Gasteiger partial charge in [0.25, 0.3) is 5.91 Å². The molecule has 19 heavy (non-hydrogen) atoms. The zero-order chi connectivity index (χ0) is 13.9. The summed E-state index contributed by atoms with van der Waals surface area (Å²) in [6, 6.07) is 5.09. The molecule has 1 aromatic carbocycles. The van der Waals surface area contributed by atoms with Crippen LogP contribution in [0.25, 0.3) is 0 Å². The van der Waals surface area contributed by atoms with Crippen LogP contribution in [-0.4, -0.2) is 32.2 Å². The lowest BCUT2D eigenvalue weighted by atomic mass is 9.78. The van der Waals surface area contributed by atoms with Crippen molar-refractivity contribution in [3.63, 3.8) is 0 Å². The molecule has 0 heterocycles. The van der Waals surface area contributed by atoms with E-state index in [0.29, 0.717) is 23.6 Å². The van der Waals surface area contributed by atoms with E-state index in [9.17, 15) is 4.79 Å². The van der Waals surface area contributed by atoms with Crippen molar-refractivity contribution >= 4 is 5.91 Å². The normalized spacial score (nSPS) is 16.4. The number of amides is 1. The first-order valence-corrected chi connectivity index (χ1v) is 6.37. The maximum Gasteiger partial charge on any atom is 0.251 e. The molecule has 1 aromatic rings. The number of hydrogen-bond acceptors (Lipinski definition) is 4.